The minimum Gasteiger partial charge on any atom is -0.299 e. The van der Waals surface area contributed by atoms with E-state index in [2.05, 4.69) is 4.98 Å². The summed E-state index contributed by atoms with van der Waals surface area (Å²) in [6, 6.07) is 13.5. The Hall–Kier alpha value is -2.82. The Morgan fingerprint density at radius 2 is 1.78 bits per heavy atom. The van der Waals surface area contributed by atoms with Crippen molar-refractivity contribution in [1.29, 1.82) is 0 Å². The maximum Gasteiger partial charge on any atom is 0.416 e. The van der Waals surface area contributed by atoms with Crippen LogP contribution in [0.4, 0.5) is 13.2 Å². The molecule has 0 saturated carbocycles. The lowest BCUT2D eigenvalue weighted by molar-refractivity contribution is -0.137. The standard InChI is InChI=1S/C18H9F3N2/c19-18(20,21)11-5-7-15-13(8-11)12-6-4-10-2-1-3-14-16(10)17(12)23(15)9-22-14/h1-9H. The molecule has 0 aliphatic heterocycles. The highest BCUT2D eigenvalue weighted by molar-refractivity contribution is 6.21. The maximum atomic E-state index is 13.0. The molecule has 0 unspecified atom stereocenters. The Labute approximate surface area is 128 Å². The van der Waals surface area contributed by atoms with Crippen molar-refractivity contribution in [2.45, 2.75) is 6.18 Å². The second kappa shape index (κ2) is 3.93. The van der Waals surface area contributed by atoms with E-state index in [0.717, 1.165) is 38.8 Å². The second-order valence-corrected chi connectivity index (χ2v) is 5.68. The van der Waals surface area contributed by atoms with Crippen molar-refractivity contribution in [3.05, 3.63) is 60.4 Å². The van der Waals surface area contributed by atoms with Crippen LogP contribution in [0.5, 0.6) is 0 Å². The lowest BCUT2D eigenvalue weighted by Crippen LogP contribution is -2.04. The summed E-state index contributed by atoms with van der Waals surface area (Å²) >= 11 is 0. The molecule has 0 N–H and O–H groups in total. The first-order chi connectivity index (χ1) is 11.0. The van der Waals surface area contributed by atoms with E-state index >= 15 is 0 Å². The summed E-state index contributed by atoms with van der Waals surface area (Å²) in [4.78, 5) is 4.45. The molecule has 0 bridgehead atoms. The van der Waals surface area contributed by atoms with Crippen molar-refractivity contribution < 1.29 is 13.2 Å². The molecular weight excluding hydrogens is 301 g/mol. The van der Waals surface area contributed by atoms with Gasteiger partial charge in [0.15, 0.2) is 0 Å². The van der Waals surface area contributed by atoms with Crippen molar-refractivity contribution in [2.24, 2.45) is 0 Å². The first-order valence-electron chi connectivity index (χ1n) is 7.15. The fourth-order valence-electron chi connectivity index (χ4n) is 3.41. The van der Waals surface area contributed by atoms with Crippen molar-refractivity contribution in [2.75, 3.05) is 0 Å². The van der Waals surface area contributed by atoms with Crippen LogP contribution in [0.25, 0.3) is 38.1 Å². The van der Waals surface area contributed by atoms with Crippen LogP contribution in [0.2, 0.25) is 0 Å². The fraction of sp³-hybridized carbons (Fsp3) is 0.0556. The molecule has 0 spiro atoms. The van der Waals surface area contributed by atoms with Gasteiger partial charge < -0.3 is 0 Å². The van der Waals surface area contributed by atoms with Crippen LogP contribution in [0, 0.1) is 0 Å². The van der Waals surface area contributed by atoms with E-state index in [-0.39, 0.29) is 0 Å². The third kappa shape index (κ3) is 1.56. The molecule has 5 rings (SSSR count). The van der Waals surface area contributed by atoms with Gasteiger partial charge in [-0.25, -0.2) is 4.98 Å². The van der Waals surface area contributed by atoms with Crippen LogP contribution in [0.15, 0.2) is 54.9 Å². The minimum atomic E-state index is -4.35. The predicted molar refractivity (Wildman–Crippen MR) is 83.9 cm³/mol. The van der Waals surface area contributed by atoms with E-state index in [1.54, 1.807) is 6.33 Å². The molecule has 5 heteroatoms. The van der Waals surface area contributed by atoms with Crippen LogP contribution in [-0.2, 0) is 6.18 Å². The van der Waals surface area contributed by atoms with Crippen LogP contribution in [0.3, 0.4) is 0 Å². The van der Waals surface area contributed by atoms with Crippen LogP contribution < -0.4 is 0 Å². The topological polar surface area (TPSA) is 17.3 Å². The van der Waals surface area contributed by atoms with Gasteiger partial charge in [0.05, 0.1) is 22.1 Å². The number of halogens is 3. The number of aromatic nitrogens is 2. The molecule has 2 heterocycles. The van der Waals surface area contributed by atoms with Gasteiger partial charge in [-0.1, -0.05) is 24.3 Å². The summed E-state index contributed by atoms with van der Waals surface area (Å²) in [6.45, 7) is 0. The molecule has 0 radical (unpaired) electrons. The molecule has 0 aliphatic carbocycles. The quantitative estimate of drug-likeness (QED) is 0.382. The fourth-order valence-corrected chi connectivity index (χ4v) is 3.41. The Balaban J connectivity index is 2.06. The molecule has 5 aromatic rings. The lowest BCUT2D eigenvalue weighted by Gasteiger charge is -2.06. The summed E-state index contributed by atoms with van der Waals surface area (Å²) in [5.41, 5.74) is 1.87. The third-order valence-electron chi connectivity index (χ3n) is 4.42. The van der Waals surface area contributed by atoms with Gasteiger partial charge in [-0.15, -0.1) is 0 Å². The van der Waals surface area contributed by atoms with Gasteiger partial charge in [-0.2, -0.15) is 13.2 Å². The summed E-state index contributed by atoms with van der Waals surface area (Å²) in [6.07, 6.45) is -2.67. The van der Waals surface area contributed by atoms with Crippen LogP contribution in [0.1, 0.15) is 5.56 Å². The lowest BCUT2D eigenvalue weighted by atomic mass is 10.0. The molecule has 2 aromatic heterocycles. The van der Waals surface area contributed by atoms with E-state index in [4.69, 9.17) is 0 Å². The van der Waals surface area contributed by atoms with Gasteiger partial charge in [-0.05, 0) is 29.7 Å². The maximum absolute atomic E-state index is 13.0. The van der Waals surface area contributed by atoms with Crippen molar-refractivity contribution in [3.63, 3.8) is 0 Å². The van der Waals surface area contributed by atoms with Crippen molar-refractivity contribution in [3.8, 4) is 0 Å². The molecule has 0 amide bonds. The molecule has 0 fully saturated rings. The zero-order valence-electron chi connectivity index (χ0n) is 11.7. The van der Waals surface area contributed by atoms with E-state index in [0.29, 0.717) is 5.39 Å². The van der Waals surface area contributed by atoms with Crippen molar-refractivity contribution >= 4 is 38.1 Å². The number of hydrogen-bond acceptors (Lipinski definition) is 1. The van der Waals surface area contributed by atoms with Gasteiger partial charge in [0.1, 0.15) is 6.33 Å². The summed E-state index contributed by atoms with van der Waals surface area (Å²) < 4.78 is 41.0. The average Bonchev–Trinajstić information content (AvgIpc) is 2.87. The minimum absolute atomic E-state index is 0.597. The largest absolute Gasteiger partial charge is 0.416 e. The molecule has 0 aliphatic rings. The number of alkyl halides is 3. The zero-order valence-corrected chi connectivity index (χ0v) is 11.7. The molecule has 112 valence electrons. The van der Waals surface area contributed by atoms with E-state index in [9.17, 15) is 13.2 Å². The highest BCUT2D eigenvalue weighted by atomic mass is 19.4. The molecular formula is C18H9F3N2. The number of nitrogens with zero attached hydrogens (tertiary/aromatic N) is 2. The third-order valence-corrected chi connectivity index (χ3v) is 4.42. The number of benzene rings is 3. The van der Waals surface area contributed by atoms with Gasteiger partial charge in [0.2, 0.25) is 0 Å². The average molecular weight is 310 g/mol. The second-order valence-electron chi connectivity index (χ2n) is 5.68. The van der Waals surface area contributed by atoms with E-state index < -0.39 is 11.7 Å². The molecule has 0 saturated heterocycles. The number of fused-ring (bicyclic) bond motifs is 3. The Morgan fingerprint density at radius 3 is 2.61 bits per heavy atom. The summed E-state index contributed by atoms with van der Waals surface area (Å²) in [5.74, 6) is 0. The Kier molecular flexibility index (Phi) is 2.17. The first kappa shape index (κ1) is 12.7. The highest BCUT2D eigenvalue weighted by Gasteiger charge is 2.31. The molecule has 3 aromatic carbocycles. The normalized spacial score (nSPS) is 13.0. The molecule has 0 atom stereocenters. The van der Waals surface area contributed by atoms with E-state index in [1.807, 2.05) is 34.7 Å². The Morgan fingerprint density at radius 1 is 0.913 bits per heavy atom. The van der Waals surface area contributed by atoms with Crippen molar-refractivity contribution in [1.82, 2.24) is 9.38 Å². The van der Waals surface area contributed by atoms with Crippen LogP contribution >= 0.6 is 0 Å². The SMILES string of the molecule is FC(F)(F)c1ccc2c(c1)c1ccc3cccc4ncn2c1c34. The first-order valence-corrected chi connectivity index (χ1v) is 7.15. The van der Waals surface area contributed by atoms with Gasteiger partial charge >= 0.3 is 6.18 Å². The van der Waals surface area contributed by atoms with Gasteiger partial charge in [0.25, 0.3) is 0 Å². The highest BCUT2D eigenvalue weighted by Crippen LogP contribution is 2.38. The summed E-state index contributed by atoms with van der Waals surface area (Å²) in [7, 11) is 0. The number of hydrogen-bond donors (Lipinski definition) is 0. The monoisotopic (exact) mass is 310 g/mol. The summed E-state index contributed by atoms with van der Waals surface area (Å²) in [5, 5.41) is 3.43. The smallest absolute Gasteiger partial charge is 0.299 e. The zero-order chi connectivity index (χ0) is 15.8. The van der Waals surface area contributed by atoms with Gasteiger partial charge in [-0.3, -0.25) is 4.40 Å². The Bertz CT molecular complexity index is 1190. The molecule has 2 nitrogen and oxygen atoms in total. The van der Waals surface area contributed by atoms with E-state index in [1.165, 1.54) is 12.1 Å². The van der Waals surface area contributed by atoms with Gasteiger partial charge in [0, 0.05) is 16.2 Å². The van der Waals surface area contributed by atoms with Crippen LogP contribution in [-0.4, -0.2) is 9.38 Å². The number of rotatable bonds is 0. The predicted octanol–water partition coefficient (Wildman–Crippen LogP) is 5.25. The molecule has 23 heavy (non-hydrogen) atoms.